The number of fused-ring (bicyclic) bond motifs is 1. The van der Waals surface area contributed by atoms with Crippen molar-refractivity contribution in [3.63, 3.8) is 0 Å². The second kappa shape index (κ2) is 11.0. The zero-order chi connectivity index (χ0) is 10.5. The maximum atomic E-state index is 2.29. The Bertz CT molecular complexity index is 324. The summed E-state index contributed by atoms with van der Waals surface area (Å²) in [7, 11) is 0. The van der Waals surface area contributed by atoms with Gasteiger partial charge in [-0.1, -0.05) is 12.8 Å². The molecule has 0 saturated heterocycles. The minimum absolute atomic E-state index is 0. The van der Waals surface area contributed by atoms with E-state index in [1.807, 2.05) is 30.3 Å². The Labute approximate surface area is 142 Å². The van der Waals surface area contributed by atoms with Gasteiger partial charge in [0.1, 0.15) is 0 Å². The third kappa shape index (κ3) is 5.87. The molecular formula is C15H18Cl2Zr. The molecule has 0 radical (unpaired) electrons. The molecule has 3 rings (SSSR count). The van der Waals surface area contributed by atoms with Gasteiger partial charge < -0.3 is 24.8 Å². The summed E-state index contributed by atoms with van der Waals surface area (Å²) in [6.07, 6.45) is 10.8. The molecule has 0 aromatic heterocycles. The molecule has 0 bridgehead atoms. The second-order valence-electron chi connectivity index (χ2n) is 4.26. The van der Waals surface area contributed by atoms with Gasteiger partial charge >= 0.3 is 26.2 Å². The molecule has 0 spiro atoms. The average molecular weight is 360 g/mol. The van der Waals surface area contributed by atoms with E-state index in [1.54, 1.807) is 11.5 Å². The normalized spacial score (nSPS) is 19.1. The van der Waals surface area contributed by atoms with Crippen molar-refractivity contribution in [2.75, 3.05) is 0 Å². The van der Waals surface area contributed by atoms with Crippen LogP contribution in [0.15, 0.2) is 54.1 Å². The van der Waals surface area contributed by atoms with Crippen molar-refractivity contribution >= 4 is 0 Å². The summed E-state index contributed by atoms with van der Waals surface area (Å²) in [5, 5.41) is 0. The van der Waals surface area contributed by atoms with Crippen LogP contribution in [-0.2, 0) is 26.2 Å². The molecule has 0 N–H and O–H groups in total. The van der Waals surface area contributed by atoms with Crippen LogP contribution in [0.1, 0.15) is 26.2 Å². The molecular weight excluding hydrogens is 342 g/mol. The summed E-state index contributed by atoms with van der Waals surface area (Å²) < 4.78 is 0. The monoisotopic (exact) mass is 358 g/mol. The molecule has 1 atom stereocenters. The summed E-state index contributed by atoms with van der Waals surface area (Å²) in [5.74, 6) is 2.50. The van der Waals surface area contributed by atoms with Gasteiger partial charge in [-0.25, -0.2) is 29.7 Å². The van der Waals surface area contributed by atoms with Crippen LogP contribution in [-0.4, -0.2) is 0 Å². The van der Waals surface area contributed by atoms with Crippen molar-refractivity contribution < 1.29 is 51.0 Å². The van der Waals surface area contributed by atoms with Gasteiger partial charge in [-0.3, -0.25) is 0 Å². The Morgan fingerprint density at radius 2 is 1.89 bits per heavy atom. The molecule has 2 aliphatic rings. The Kier molecular flexibility index (Phi) is 12.5. The number of hydrogen-bond donors (Lipinski definition) is 0. The van der Waals surface area contributed by atoms with E-state index in [1.165, 1.54) is 19.3 Å². The Balaban J connectivity index is 0. The second-order valence-corrected chi connectivity index (χ2v) is 4.26. The van der Waals surface area contributed by atoms with Crippen molar-refractivity contribution in [2.24, 2.45) is 5.92 Å². The van der Waals surface area contributed by atoms with Gasteiger partial charge in [-0.05, 0) is 12.3 Å². The van der Waals surface area contributed by atoms with Gasteiger partial charge in [0.15, 0.2) is 0 Å². The first-order valence-electron chi connectivity index (χ1n) is 5.74. The van der Waals surface area contributed by atoms with E-state index in [4.69, 9.17) is 0 Å². The SMILES string of the molecule is C[C-]1CCC2CC=CC=C12.[Cl-].[Cl-].[Zr+4].c1cc[cH-]c1. The van der Waals surface area contributed by atoms with Gasteiger partial charge in [0.05, 0.1) is 0 Å². The first-order valence-corrected chi connectivity index (χ1v) is 5.74. The minimum atomic E-state index is 0. The smallest absolute Gasteiger partial charge is 1.00 e. The third-order valence-corrected chi connectivity index (χ3v) is 3.19. The summed E-state index contributed by atoms with van der Waals surface area (Å²) in [5.41, 5.74) is 1.63. The molecule has 3 heteroatoms. The topological polar surface area (TPSA) is 0 Å². The molecule has 1 aromatic rings. The number of allylic oxidation sites excluding steroid dienone is 4. The molecule has 1 unspecified atom stereocenters. The van der Waals surface area contributed by atoms with Crippen molar-refractivity contribution in [2.45, 2.75) is 26.2 Å². The van der Waals surface area contributed by atoms with E-state index in [2.05, 4.69) is 25.2 Å². The predicted octanol–water partition coefficient (Wildman–Crippen LogP) is -1.71. The molecule has 0 heterocycles. The fourth-order valence-corrected chi connectivity index (χ4v) is 2.30. The summed E-state index contributed by atoms with van der Waals surface area (Å²) >= 11 is 0. The van der Waals surface area contributed by atoms with Gasteiger partial charge in [0, 0.05) is 0 Å². The molecule has 1 aromatic carbocycles. The van der Waals surface area contributed by atoms with Crippen molar-refractivity contribution in [3.8, 4) is 0 Å². The molecule has 1 fully saturated rings. The molecule has 0 aliphatic heterocycles. The molecule has 1 saturated carbocycles. The first-order chi connectivity index (χ1) is 7.38. The van der Waals surface area contributed by atoms with Gasteiger partial charge in [-0.2, -0.15) is 18.2 Å². The predicted molar refractivity (Wildman–Crippen MR) is 65.5 cm³/mol. The van der Waals surface area contributed by atoms with E-state index in [-0.39, 0.29) is 51.0 Å². The number of halogens is 2. The zero-order valence-corrected chi connectivity index (χ0v) is 14.5. The largest absolute Gasteiger partial charge is 4.00 e. The van der Waals surface area contributed by atoms with E-state index >= 15 is 0 Å². The van der Waals surface area contributed by atoms with E-state index < -0.39 is 0 Å². The maximum Gasteiger partial charge on any atom is 4.00 e. The molecule has 2 aliphatic carbocycles. The van der Waals surface area contributed by atoms with Crippen LogP contribution in [0, 0.1) is 11.8 Å². The van der Waals surface area contributed by atoms with Gasteiger partial charge in [0.25, 0.3) is 0 Å². The van der Waals surface area contributed by atoms with Crippen LogP contribution < -0.4 is 24.8 Å². The fraction of sp³-hybridized carbons (Fsp3) is 0.333. The summed E-state index contributed by atoms with van der Waals surface area (Å²) in [6.45, 7) is 2.27. The average Bonchev–Trinajstić information content (AvgIpc) is 2.92. The fourth-order valence-electron chi connectivity index (χ4n) is 2.30. The van der Waals surface area contributed by atoms with Gasteiger partial charge in [-0.15, -0.1) is 19.1 Å². The van der Waals surface area contributed by atoms with Crippen LogP contribution in [0.3, 0.4) is 0 Å². The Morgan fingerprint density at radius 3 is 2.39 bits per heavy atom. The molecule has 18 heavy (non-hydrogen) atoms. The van der Waals surface area contributed by atoms with Crippen molar-refractivity contribution in [1.82, 2.24) is 0 Å². The summed E-state index contributed by atoms with van der Waals surface area (Å²) in [6, 6.07) is 10.0. The van der Waals surface area contributed by atoms with E-state index in [0.29, 0.717) is 0 Å². The van der Waals surface area contributed by atoms with Crippen LogP contribution >= 0.6 is 0 Å². The van der Waals surface area contributed by atoms with Crippen molar-refractivity contribution in [1.29, 1.82) is 0 Å². The first kappa shape index (κ1) is 20.5. The number of hydrogen-bond acceptors (Lipinski definition) is 0. The van der Waals surface area contributed by atoms with Crippen LogP contribution in [0.5, 0.6) is 0 Å². The minimum Gasteiger partial charge on any atom is -1.00 e. The maximum absolute atomic E-state index is 2.29. The molecule has 0 nitrogen and oxygen atoms in total. The quantitative estimate of drug-likeness (QED) is 0.484. The zero-order valence-electron chi connectivity index (χ0n) is 10.6. The van der Waals surface area contributed by atoms with E-state index in [9.17, 15) is 0 Å². The Morgan fingerprint density at radius 1 is 1.22 bits per heavy atom. The number of rotatable bonds is 0. The van der Waals surface area contributed by atoms with Crippen LogP contribution in [0.4, 0.5) is 0 Å². The van der Waals surface area contributed by atoms with Crippen molar-refractivity contribution in [3.05, 3.63) is 60.1 Å². The van der Waals surface area contributed by atoms with E-state index in [0.717, 1.165) is 5.92 Å². The summed E-state index contributed by atoms with van der Waals surface area (Å²) in [4.78, 5) is 0. The standard InChI is InChI=1S/C10H13.C5H5.2ClH.Zr/c1-8-6-7-9-4-2-3-5-10(8)9;1-2-4-5-3-1;;;/h2-3,5,9H,4,6-7H2,1H3;1-5H;2*1H;/q2*-1;;;+4/p-2. The van der Waals surface area contributed by atoms with Crippen LogP contribution in [0.25, 0.3) is 0 Å². The van der Waals surface area contributed by atoms with Gasteiger partial charge in [0.2, 0.25) is 0 Å². The third-order valence-electron chi connectivity index (χ3n) is 3.19. The Hall–Kier alpha value is 0.163. The molecule has 96 valence electrons. The van der Waals surface area contributed by atoms with Crippen LogP contribution in [0.2, 0.25) is 0 Å². The molecule has 0 amide bonds.